The number of alkyl halides is 3. The Hall–Kier alpha value is -0.290. The molecule has 2 rings (SSSR count). The number of nitrogens with two attached hydrogens (primary N) is 1. The Morgan fingerprint density at radius 1 is 1.21 bits per heavy atom. The summed E-state index contributed by atoms with van der Waals surface area (Å²) in [7, 11) is 0. The summed E-state index contributed by atoms with van der Waals surface area (Å²) in [6, 6.07) is -0.345. The molecule has 14 heavy (non-hydrogen) atoms. The van der Waals surface area contributed by atoms with Gasteiger partial charge in [0, 0.05) is 18.6 Å². The van der Waals surface area contributed by atoms with Gasteiger partial charge in [0.2, 0.25) is 0 Å². The van der Waals surface area contributed by atoms with E-state index in [1.54, 1.807) is 0 Å². The van der Waals surface area contributed by atoms with Crippen LogP contribution >= 0.6 is 0 Å². The summed E-state index contributed by atoms with van der Waals surface area (Å²) in [6.07, 6.45) is -3.40. The van der Waals surface area contributed by atoms with Crippen LogP contribution in [0.4, 0.5) is 13.2 Å². The van der Waals surface area contributed by atoms with Gasteiger partial charge < -0.3 is 10.5 Å². The first kappa shape index (κ1) is 10.2. The predicted molar refractivity (Wildman–Crippen MR) is 44.6 cm³/mol. The molecule has 0 spiro atoms. The van der Waals surface area contributed by atoms with Crippen LogP contribution in [0.2, 0.25) is 0 Å². The van der Waals surface area contributed by atoms with Crippen molar-refractivity contribution in [3.63, 3.8) is 0 Å². The Morgan fingerprint density at radius 3 is 2.57 bits per heavy atom. The van der Waals surface area contributed by atoms with Gasteiger partial charge in [0.15, 0.2) is 0 Å². The molecule has 2 aliphatic rings. The molecule has 0 bridgehead atoms. The topological polar surface area (TPSA) is 35.2 Å². The molecule has 1 aliphatic carbocycles. The highest BCUT2D eigenvalue weighted by molar-refractivity contribution is 4.94. The number of hydrogen-bond donors (Lipinski definition) is 1. The molecular formula is C9H14F3NO. The lowest BCUT2D eigenvalue weighted by atomic mass is 9.76. The van der Waals surface area contributed by atoms with Crippen LogP contribution < -0.4 is 5.73 Å². The van der Waals surface area contributed by atoms with E-state index in [2.05, 4.69) is 0 Å². The van der Waals surface area contributed by atoms with Crippen molar-refractivity contribution in [3.8, 4) is 0 Å². The minimum atomic E-state index is -4.12. The number of rotatable bonds is 0. The summed E-state index contributed by atoms with van der Waals surface area (Å²) < 4.78 is 42.7. The highest BCUT2D eigenvalue weighted by Gasteiger charge is 2.49. The van der Waals surface area contributed by atoms with Crippen LogP contribution in [0.15, 0.2) is 0 Å². The molecule has 0 amide bonds. The summed E-state index contributed by atoms with van der Waals surface area (Å²) in [6.45, 7) is 0.563. The van der Waals surface area contributed by atoms with Crippen LogP contribution in [0.1, 0.15) is 19.3 Å². The average molecular weight is 209 g/mol. The molecule has 1 saturated heterocycles. The standard InChI is InChI=1S/C9H14F3NO/c10-9(11,12)5-3-7(13)6-1-2-14-8(6)4-5/h5-8H,1-4,13H2. The Labute approximate surface area is 80.6 Å². The van der Waals surface area contributed by atoms with Gasteiger partial charge in [0.25, 0.3) is 0 Å². The molecule has 1 saturated carbocycles. The maximum atomic E-state index is 12.5. The summed E-state index contributed by atoms with van der Waals surface area (Å²) in [5.41, 5.74) is 5.73. The largest absolute Gasteiger partial charge is 0.391 e. The number of halogens is 3. The molecule has 2 fully saturated rings. The maximum Gasteiger partial charge on any atom is 0.391 e. The van der Waals surface area contributed by atoms with Gasteiger partial charge >= 0.3 is 6.18 Å². The van der Waals surface area contributed by atoms with Crippen molar-refractivity contribution in [3.05, 3.63) is 0 Å². The second-order valence-corrected chi connectivity index (χ2v) is 4.24. The molecule has 82 valence electrons. The second kappa shape index (κ2) is 3.38. The zero-order chi connectivity index (χ0) is 10.3. The maximum absolute atomic E-state index is 12.5. The van der Waals surface area contributed by atoms with Gasteiger partial charge in [0.1, 0.15) is 0 Å². The van der Waals surface area contributed by atoms with E-state index in [1.807, 2.05) is 0 Å². The first-order chi connectivity index (χ1) is 6.48. The lowest BCUT2D eigenvalue weighted by molar-refractivity contribution is -0.193. The third-order valence-electron chi connectivity index (χ3n) is 3.35. The van der Waals surface area contributed by atoms with Crippen molar-refractivity contribution < 1.29 is 17.9 Å². The fourth-order valence-electron chi connectivity index (χ4n) is 2.54. The molecule has 4 unspecified atom stereocenters. The predicted octanol–water partition coefficient (Wildman–Crippen LogP) is 1.69. The molecule has 2 N–H and O–H groups in total. The molecular weight excluding hydrogens is 195 g/mol. The van der Waals surface area contributed by atoms with Crippen molar-refractivity contribution in [2.75, 3.05) is 6.61 Å². The minimum absolute atomic E-state index is 0.0635. The second-order valence-electron chi connectivity index (χ2n) is 4.24. The normalized spacial score (nSPS) is 43.7. The molecule has 2 nitrogen and oxygen atoms in total. The Kier molecular flexibility index (Phi) is 2.47. The molecule has 1 aliphatic heterocycles. The molecule has 1 heterocycles. The van der Waals surface area contributed by atoms with Gasteiger partial charge in [-0.05, 0) is 19.3 Å². The van der Waals surface area contributed by atoms with E-state index in [-0.39, 0.29) is 30.9 Å². The lowest BCUT2D eigenvalue weighted by Crippen LogP contribution is -2.46. The smallest absolute Gasteiger partial charge is 0.378 e. The Bertz CT molecular complexity index is 219. The molecule has 0 aromatic carbocycles. The fraction of sp³-hybridized carbons (Fsp3) is 1.00. The van der Waals surface area contributed by atoms with Crippen molar-refractivity contribution in [1.29, 1.82) is 0 Å². The Balaban J connectivity index is 2.06. The van der Waals surface area contributed by atoms with Crippen LogP contribution in [-0.2, 0) is 4.74 Å². The SMILES string of the molecule is NC1CC(C(F)(F)F)CC2OCCC12. The van der Waals surface area contributed by atoms with Crippen molar-refractivity contribution in [2.24, 2.45) is 17.6 Å². The third-order valence-corrected chi connectivity index (χ3v) is 3.35. The first-order valence-electron chi connectivity index (χ1n) is 4.92. The zero-order valence-electron chi connectivity index (χ0n) is 7.76. The van der Waals surface area contributed by atoms with E-state index >= 15 is 0 Å². The zero-order valence-corrected chi connectivity index (χ0v) is 7.76. The molecule has 0 aromatic rings. The van der Waals surface area contributed by atoms with E-state index in [0.29, 0.717) is 6.61 Å². The summed E-state index contributed by atoms with van der Waals surface area (Å²) in [4.78, 5) is 0. The van der Waals surface area contributed by atoms with Gasteiger partial charge in [-0.25, -0.2) is 0 Å². The minimum Gasteiger partial charge on any atom is -0.378 e. The van der Waals surface area contributed by atoms with Crippen LogP contribution in [0.3, 0.4) is 0 Å². The van der Waals surface area contributed by atoms with Crippen LogP contribution in [0, 0.1) is 11.8 Å². The van der Waals surface area contributed by atoms with E-state index in [0.717, 1.165) is 6.42 Å². The summed E-state index contributed by atoms with van der Waals surface area (Å²) >= 11 is 0. The quantitative estimate of drug-likeness (QED) is 0.659. The molecule has 4 atom stereocenters. The molecule has 5 heteroatoms. The lowest BCUT2D eigenvalue weighted by Gasteiger charge is -2.36. The van der Waals surface area contributed by atoms with Crippen LogP contribution in [0.25, 0.3) is 0 Å². The highest BCUT2D eigenvalue weighted by Crippen LogP contribution is 2.43. The van der Waals surface area contributed by atoms with Crippen molar-refractivity contribution in [2.45, 2.75) is 37.6 Å². The molecule has 0 aromatic heterocycles. The number of hydrogen-bond acceptors (Lipinski definition) is 2. The van der Waals surface area contributed by atoms with Gasteiger partial charge in [-0.1, -0.05) is 0 Å². The van der Waals surface area contributed by atoms with Crippen molar-refractivity contribution >= 4 is 0 Å². The van der Waals surface area contributed by atoms with E-state index in [9.17, 15) is 13.2 Å². The monoisotopic (exact) mass is 209 g/mol. The third kappa shape index (κ3) is 1.75. The number of fused-ring (bicyclic) bond motifs is 1. The van der Waals surface area contributed by atoms with Crippen LogP contribution in [-0.4, -0.2) is 24.9 Å². The van der Waals surface area contributed by atoms with Gasteiger partial charge in [0.05, 0.1) is 12.0 Å². The van der Waals surface area contributed by atoms with Gasteiger partial charge in [-0.15, -0.1) is 0 Å². The highest BCUT2D eigenvalue weighted by atomic mass is 19.4. The van der Waals surface area contributed by atoms with Gasteiger partial charge in [-0.2, -0.15) is 13.2 Å². The van der Waals surface area contributed by atoms with E-state index in [4.69, 9.17) is 10.5 Å². The Morgan fingerprint density at radius 2 is 1.93 bits per heavy atom. The van der Waals surface area contributed by atoms with E-state index in [1.165, 1.54) is 0 Å². The van der Waals surface area contributed by atoms with E-state index < -0.39 is 12.1 Å². The summed E-state index contributed by atoms with van der Waals surface area (Å²) in [5, 5.41) is 0. The average Bonchev–Trinajstić information content (AvgIpc) is 2.50. The first-order valence-corrected chi connectivity index (χ1v) is 4.92. The fourth-order valence-corrected chi connectivity index (χ4v) is 2.54. The van der Waals surface area contributed by atoms with Gasteiger partial charge in [-0.3, -0.25) is 0 Å². The summed E-state index contributed by atoms with van der Waals surface area (Å²) in [5.74, 6) is -1.12. The molecule has 0 radical (unpaired) electrons. The van der Waals surface area contributed by atoms with Crippen molar-refractivity contribution in [1.82, 2.24) is 0 Å². The number of ether oxygens (including phenoxy) is 1. The van der Waals surface area contributed by atoms with Crippen LogP contribution in [0.5, 0.6) is 0 Å².